The number of hydrogen-bond acceptors (Lipinski definition) is 6. The van der Waals surface area contributed by atoms with Crippen LogP contribution in [-0.2, 0) is 6.61 Å². The molecule has 0 amide bonds. The monoisotopic (exact) mass is 262 g/mol. The van der Waals surface area contributed by atoms with Crippen molar-refractivity contribution >= 4 is 0 Å². The molecule has 2 aromatic heterocycles. The van der Waals surface area contributed by atoms with Crippen LogP contribution in [-0.4, -0.2) is 29.3 Å². The summed E-state index contributed by atoms with van der Waals surface area (Å²) in [6, 6.07) is 5.03. The molecule has 6 nitrogen and oxygen atoms in total. The summed E-state index contributed by atoms with van der Waals surface area (Å²) in [5, 5.41) is 9.29. The number of methoxy groups -OCH3 is 2. The topological polar surface area (TPSA) is 73.7 Å². The van der Waals surface area contributed by atoms with Crippen LogP contribution in [0.4, 0.5) is 0 Å². The molecule has 0 fully saturated rings. The van der Waals surface area contributed by atoms with Crippen LogP contribution in [0.15, 0.2) is 30.6 Å². The molecule has 19 heavy (non-hydrogen) atoms. The number of pyridine rings is 2. The van der Waals surface area contributed by atoms with Gasteiger partial charge >= 0.3 is 0 Å². The van der Waals surface area contributed by atoms with E-state index in [9.17, 15) is 5.11 Å². The maximum atomic E-state index is 9.29. The molecule has 0 aliphatic heterocycles. The average Bonchev–Trinajstić information content (AvgIpc) is 2.46. The Morgan fingerprint density at radius 1 is 1.11 bits per heavy atom. The van der Waals surface area contributed by atoms with Gasteiger partial charge in [0.1, 0.15) is 18.1 Å². The lowest BCUT2D eigenvalue weighted by atomic mass is 10.3. The fourth-order valence-electron chi connectivity index (χ4n) is 1.44. The van der Waals surface area contributed by atoms with E-state index in [2.05, 4.69) is 9.97 Å². The zero-order chi connectivity index (χ0) is 13.7. The van der Waals surface area contributed by atoms with Crippen LogP contribution in [0.1, 0.15) is 5.69 Å². The van der Waals surface area contributed by atoms with Gasteiger partial charge in [0.15, 0.2) is 5.75 Å². The highest BCUT2D eigenvalue weighted by atomic mass is 16.5. The second-order valence-electron chi connectivity index (χ2n) is 3.68. The van der Waals surface area contributed by atoms with Gasteiger partial charge in [-0.3, -0.25) is 4.98 Å². The van der Waals surface area contributed by atoms with E-state index in [0.29, 0.717) is 17.4 Å². The number of nitrogens with zero attached hydrogens (tertiary/aromatic N) is 2. The van der Waals surface area contributed by atoms with E-state index in [1.165, 1.54) is 19.4 Å². The van der Waals surface area contributed by atoms with E-state index in [1.54, 1.807) is 25.4 Å². The normalized spacial score (nSPS) is 10.0. The third-order valence-electron chi connectivity index (χ3n) is 2.41. The molecule has 0 unspecified atom stereocenters. The highest BCUT2D eigenvalue weighted by Gasteiger charge is 2.08. The Bertz CT molecular complexity index is 543. The van der Waals surface area contributed by atoms with E-state index in [0.717, 1.165) is 5.69 Å². The van der Waals surface area contributed by atoms with Gasteiger partial charge in [0.25, 0.3) is 5.88 Å². The Kier molecular flexibility index (Phi) is 4.02. The Balaban J connectivity index is 2.05. The Labute approximate surface area is 110 Å². The number of rotatable bonds is 5. The zero-order valence-corrected chi connectivity index (χ0v) is 10.7. The van der Waals surface area contributed by atoms with E-state index < -0.39 is 0 Å². The minimum absolute atomic E-state index is 0.0202. The van der Waals surface area contributed by atoms with Gasteiger partial charge in [0.2, 0.25) is 0 Å². The summed E-state index contributed by atoms with van der Waals surface area (Å²) in [5.41, 5.74) is 0.734. The fraction of sp³-hybridized carbons (Fsp3) is 0.231. The van der Waals surface area contributed by atoms with Crippen molar-refractivity contribution in [2.75, 3.05) is 14.2 Å². The smallest absolute Gasteiger partial charge is 0.257 e. The molecule has 2 heterocycles. The molecule has 0 aromatic carbocycles. The molecular formula is C13H14N2O4. The van der Waals surface area contributed by atoms with Crippen molar-refractivity contribution in [3.8, 4) is 23.1 Å². The van der Waals surface area contributed by atoms with E-state index >= 15 is 0 Å². The highest BCUT2D eigenvalue weighted by Crippen LogP contribution is 2.28. The van der Waals surface area contributed by atoms with Crippen molar-refractivity contribution in [2.24, 2.45) is 0 Å². The lowest BCUT2D eigenvalue weighted by Crippen LogP contribution is -2.01. The van der Waals surface area contributed by atoms with Crippen LogP contribution in [0.2, 0.25) is 0 Å². The molecule has 0 aliphatic rings. The molecule has 0 spiro atoms. The van der Waals surface area contributed by atoms with Crippen molar-refractivity contribution in [1.82, 2.24) is 9.97 Å². The Morgan fingerprint density at radius 2 is 1.95 bits per heavy atom. The Morgan fingerprint density at radius 3 is 2.58 bits per heavy atom. The maximum absolute atomic E-state index is 9.29. The summed E-state index contributed by atoms with van der Waals surface area (Å²) in [6.45, 7) is 0.248. The molecule has 6 heteroatoms. The van der Waals surface area contributed by atoms with Gasteiger partial charge in [0.05, 0.1) is 32.3 Å². The highest BCUT2D eigenvalue weighted by molar-refractivity contribution is 5.38. The molecule has 2 aromatic rings. The lowest BCUT2D eigenvalue weighted by Gasteiger charge is -2.09. The summed E-state index contributed by atoms with van der Waals surface area (Å²) >= 11 is 0. The summed E-state index contributed by atoms with van der Waals surface area (Å²) in [5.74, 6) is 1.38. The average molecular weight is 262 g/mol. The van der Waals surface area contributed by atoms with Gasteiger partial charge in [-0.05, 0) is 12.1 Å². The van der Waals surface area contributed by atoms with Crippen LogP contribution in [0.25, 0.3) is 0 Å². The van der Waals surface area contributed by atoms with E-state index in [1.807, 2.05) is 0 Å². The van der Waals surface area contributed by atoms with Gasteiger partial charge in [-0.1, -0.05) is 0 Å². The second-order valence-corrected chi connectivity index (χ2v) is 3.68. The third kappa shape index (κ3) is 3.25. The van der Waals surface area contributed by atoms with Crippen molar-refractivity contribution in [2.45, 2.75) is 6.61 Å². The van der Waals surface area contributed by atoms with E-state index in [4.69, 9.17) is 14.2 Å². The maximum Gasteiger partial charge on any atom is 0.257 e. The first-order valence-corrected chi connectivity index (χ1v) is 5.57. The van der Waals surface area contributed by atoms with Crippen molar-refractivity contribution in [3.05, 3.63) is 36.3 Å². The van der Waals surface area contributed by atoms with Crippen LogP contribution in [0.3, 0.4) is 0 Å². The summed E-state index contributed by atoms with van der Waals surface area (Å²) in [6.07, 6.45) is 2.90. The predicted molar refractivity (Wildman–Crippen MR) is 67.6 cm³/mol. The summed E-state index contributed by atoms with van der Waals surface area (Å²) < 4.78 is 15.6. The van der Waals surface area contributed by atoms with Crippen molar-refractivity contribution in [3.63, 3.8) is 0 Å². The minimum Gasteiger partial charge on any atom is -0.506 e. The predicted octanol–water partition coefficient (Wildman–Crippen LogP) is 1.78. The number of ether oxygens (including phenoxy) is 3. The minimum atomic E-state index is 0.0202. The second kappa shape index (κ2) is 5.90. The van der Waals surface area contributed by atoms with Gasteiger partial charge < -0.3 is 19.3 Å². The molecular weight excluding hydrogens is 248 g/mol. The molecule has 0 radical (unpaired) electrons. The van der Waals surface area contributed by atoms with E-state index in [-0.39, 0.29) is 12.4 Å². The SMILES string of the molecule is COc1ccc(COc2ncc(O)cc2OC)nc1. The fourth-order valence-corrected chi connectivity index (χ4v) is 1.44. The van der Waals surface area contributed by atoms with Gasteiger partial charge in [0, 0.05) is 6.07 Å². The number of aromatic hydroxyl groups is 1. The standard InChI is InChI=1S/C13H14N2O4/c1-17-11-4-3-9(14-7-11)8-19-13-12(18-2)5-10(16)6-15-13/h3-7,16H,8H2,1-2H3. The summed E-state index contributed by atoms with van der Waals surface area (Å²) in [7, 11) is 3.06. The largest absolute Gasteiger partial charge is 0.506 e. The van der Waals surface area contributed by atoms with Crippen LogP contribution in [0, 0.1) is 0 Å². The van der Waals surface area contributed by atoms with Crippen molar-refractivity contribution < 1.29 is 19.3 Å². The molecule has 2 rings (SSSR count). The number of hydrogen-bond donors (Lipinski definition) is 1. The quantitative estimate of drug-likeness (QED) is 0.885. The van der Waals surface area contributed by atoms with Gasteiger partial charge in [-0.15, -0.1) is 0 Å². The molecule has 0 saturated carbocycles. The van der Waals surface area contributed by atoms with Gasteiger partial charge in [-0.2, -0.15) is 0 Å². The van der Waals surface area contributed by atoms with Crippen molar-refractivity contribution in [1.29, 1.82) is 0 Å². The summed E-state index contributed by atoms with van der Waals surface area (Å²) in [4.78, 5) is 8.12. The first kappa shape index (κ1) is 12.9. The van der Waals surface area contributed by atoms with Crippen LogP contribution in [0.5, 0.6) is 23.1 Å². The molecule has 0 saturated heterocycles. The molecule has 0 atom stereocenters. The molecule has 1 N–H and O–H groups in total. The zero-order valence-electron chi connectivity index (χ0n) is 10.7. The first-order valence-electron chi connectivity index (χ1n) is 5.57. The molecule has 0 aliphatic carbocycles. The molecule has 100 valence electrons. The first-order chi connectivity index (χ1) is 9.22. The third-order valence-corrected chi connectivity index (χ3v) is 2.41. The Hall–Kier alpha value is -2.50. The lowest BCUT2D eigenvalue weighted by molar-refractivity contribution is 0.267. The van der Waals surface area contributed by atoms with Gasteiger partial charge in [-0.25, -0.2) is 4.98 Å². The van der Waals surface area contributed by atoms with Crippen LogP contribution >= 0.6 is 0 Å². The van der Waals surface area contributed by atoms with Crippen LogP contribution < -0.4 is 14.2 Å². The number of aromatic nitrogens is 2. The molecule has 0 bridgehead atoms.